The maximum atomic E-state index is 12.5. The van der Waals surface area contributed by atoms with Crippen LogP contribution >= 0.6 is 0 Å². The summed E-state index contributed by atoms with van der Waals surface area (Å²) in [5.74, 6) is 9.81. The number of hydrogen-bond donors (Lipinski definition) is 3. The minimum atomic E-state index is -1.19. The number of benzene rings is 3. The SMILES string of the molecule is CN(Cc1ccc(NC(=O)OC(C)(C)C)cc1)C(=O)OCC#Cc1cc(C#CCOC(=O)N(C)Cc2ccc(NC(=O)OC(C)(C)C)cc2)cc(C(=O)O)c1. The molecule has 0 aliphatic carbocycles. The smallest absolute Gasteiger partial charge is 0.412 e. The first-order valence-corrected chi connectivity index (χ1v) is 17.1. The number of hydrogen-bond acceptors (Lipinski definition) is 9. The van der Waals surface area contributed by atoms with Crippen LogP contribution in [0.25, 0.3) is 0 Å². The molecule has 3 aromatic carbocycles. The predicted molar refractivity (Wildman–Crippen MR) is 205 cm³/mol. The van der Waals surface area contributed by atoms with Crippen LogP contribution in [0.4, 0.5) is 30.6 Å². The first-order valence-electron chi connectivity index (χ1n) is 17.1. The van der Waals surface area contributed by atoms with E-state index in [1.54, 1.807) is 110 Å². The Bertz CT molecular complexity index is 1840. The molecule has 0 fully saturated rings. The van der Waals surface area contributed by atoms with E-state index in [4.69, 9.17) is 18.9 Å². The Hall–Kier alpha value is -6.67. The van der Waals surface area contributed by atoms with Crippen molar-refractivity contribution in [2.45, 2.75) is 65.8 Å². The van der Waals surface area contributed by atoms with Crippen molar-refractivity contribution >= 4 is 41.7 Å². The van der Waals surface area contributed by atoms with Gasteiger partial charge in [-0.2, -0.15) is 0 Å². The summed E-state index contributed by atoms with van der Waals surface area (Å²) in [5, 5.41) is 14.9. The molecule has 0 saturated carbocycles. The third kappa shape index (κ3) is 16.3. The van der Waals surface area contributed by atoms with Crippen LogP contribution in [0.1, 0.15) is 74.2 Å². The molecule has 4 amide bonds. The molecule has 0 bridgehead atoms. The van der Waals surface area contributed by atoms with Gasteiger partial charge in [0, 0.05) is 49.7 Å². The van der Waals surface area contributed by atoms with Crippen molar-refractivity contribution in [1.29, 1.82) is 0 Å². The van der Waals surface area contributed by atoms with Crippen LogP contribution in [0, 0.1) is 23.7 Å². The number of rotatable bonds is 9. The second-order valence-corrected chi connectivity index (χ2v) is 14.2. The Morgan fingerprint density at radius 1 is 0.618 bits per heavy atom. The monoisotopic (exact) mass is 754 g/mol. The lowest BCUT2D eigenvalue weighted by Gasteiger charge is -2.20. The second-order valence-electron chi connectivity index (χ2n) is 14.2. The molecule has 3 rings (SSSR count). The van der Waals surface area contributed by atoms with Gasteiger partial charge in [-0.15, -0.1) is 0 Å². The van der Waals surface area contributed by atoms with Gasteiger partial charge in [0.15, 0.2) is 13.2 Å². The maximum absolute atomic E-state index is 12.5. The summed E-state index contributed by atoms with van der Waals surface area (Å²) in [7, 11) is 3.12. The van der Waals surface area contributed by atoms with Gasteiger partial charge in [0.2, 0.25) is 0 Å². The molecule has 14 nitrogen and oxygen atoms in total. The number of carbonyl (C=O) groups is 5. The van der Waals surface area contributed by atoms with E-state index in [1.807, 2.05) is 0 Å². The molecule has 0 saturated heterocycles. The van der Waals surface area contributed by atoms with Gasteiger partial charge in [-0.3, -0.25) is 10.6 Å². The molecule has 0 heterocycles. The van der Waals surface area contributed by atoms with Crippen LogP contribution < -0.4 is 10.6 Å². The van der Waals surface area contributed by atoms with Crippen LogP contribution in [0.15, 0.2) is 66.7 Å². The number of nitrogens with zero attached hydrogens (tertiary/aromatic N) is 2. The molecule has 0 aliphatic heterocycles. The first kappa shape index (κ1) is 42.7. The summed E-state index contributed by atoms with van der Waals surface area (Å²) >= 11 is 0. The number of ether oxygens (including phenoxy) is 4. The molecule has 0 unspecified atom stereocenters. The summed E-state index contributed by atoms with van der Waals surface area (Å²) in [5.41, 5.74) is 2.03. The first-order chi connectivity index (χ1) is 25.8. The standard InChI is InChI=1S/C41H46N4O10/c1-40(2,3)54-36(48)42-33-17-13-28(14-18-33)26-44(7)38(50)52-21-9-11-30-23-31(25-32(24-30)35(46)47)12-10-22-53-39(51)45(8)27-29-15-19-34(20-16-29)43-37(49)55-41(4,5)6/h13-20,23-25H,21-22,26-27H2,1-8H3,(H,42,48)(H,43,49)(H,46,47). The molecule has 0 radical (unpaired) electrons. The lowest BCUT2D eigenvalue weighted by atomic mass is 10.1. The van der Waals surface area contributed by atoms with Crippen LogP contribution in [0.3, 0.4) is 0 Å². The van der Waals surface area contributed by atoms with Crippen LogP contribution in [-0.4, -0.2) is 83.8 Å². The van der Waals surface area contributed by atoms with Gasteiger partial charge >= 0.3 is 30.3 Å². The highest BCUT2D eigenvalue weighted by Gasteiger charge is 2.18. The normalized spacial score (nSPS) is 10.6. The van der Waals surface area contributed by atoms with Crippen molar-refractivity contribution in [2.24, 2.45) is 0 Å². The zero-order valence-electron chi connectivity index (χ0n) is 32.2. The summed E-state index contributed by atoms with van der Waals surface area (Å²) in [6.45, 7) is 10.6. The Morgan fingerprint density at radius 3 is 1.31 bits per heavy atom. The average Bonchev–Trinajstić information content (AvgIpc) is 3.08. The molecule has 0 aliphatic rings. The quantitative estimate of drug-likeness (QED) is 0.148. The third-order valence-corrected chi connectivity index (χ3v) is 6.84. The Balaban J connectivity index is 1.49. The maximum Gasteiger partial charge on any atom is 0.412 e. The van der Waals surface area contributed by atoms with Gasteiger partial charge in [0.1, 0.15) is 11.2 Å². The Labute approximate surface area is 321 Å². The van der Waals surface area contributed by atoms with Crippen LogP contribution in [-0.2, 0) is 32.0 Å². The van der Waals surface area contributed by atoms with Gasteiger partial charge in [0.05, 0.1) is 5.56 Å². The highest BCUT2D eigenvalue weighted by Crippen LogP contribution is 2.16. The van der Waals surface area contributed by atoms with Gasteiger partial charge in [-0.05, 0) is 95.1 Å². The molecule has 0 atom stereocenters. The summed E-state index contributed by atoms with van der Waals surface area (Å²) < 4.78 is 21.0. The molecule has 0 spiro atoms. The van der Waals surface area contributed by atoms with E-state index in [-0.39, 0.29) is 31.9 Å². The number of amides is 4. The Kier molecular flexibility index (Phi) is 15.1. The summed E-state index contributed by atoms with van der Waals surface area (Å²) in [6, 6.07) is 18.1. The fraction of sp³-hybridized carbons (Fsp3) is 0.341. The zero-order chi connectivity index (χ0) is 40.8. The number of carbonyl (C=O) groups excluding carboxylic acids is 4. The lowest BCUT2D eigenvalue weighted by Crippen LogP contribution is -2.27. The minimum absolute atomic E-state index is 0.0517. The minimum Gasteiger partial charge on any atom is -0.478 e. The zero-order valence-corrected chi connectivity index (χ0v) is 32.2. The van der Waals surface area contributed by atoms with Gasteiger partial charge in [0.25, 0.3) is 0 Å². The molecular weight excluding hydrogens is 708 g/mol. The van der Waals surface area contributed by atoms with Crippen molar-refractivity contribution in [3.05, 3.63) is 94.5 Å². The van der Waals surface area contributed by atoms with Crippen LogP contribution in [0.2, 0.25) is 0 Å². The average molecular weight is 755 g/mol. The fourth-order valence-electron chi connectivity index (χ4n) is 4.49. The molecule has 3 aromatic rings. The van der Waals surface area contributed by atoms with E-state index in [0.29, 0.717) is 22.5 Å². The third-order valence-electron chi connectivity index (χ3n) is 6.84. The largest absolute Gasteiger partial charge is 0.478 e. The molecule has 0 aromatic heterocycles. The number of nitrogens with one attached hydrogen (secondary N) is 2. The molecule has 3 N–H and O–H groups in total. The van der Waals surface area contributed by atoms with Gasteiger partial charge < -0.3 is 33.9 Å². The number of carboxylic acids is 1. The van der Waals surface area contributed by atoms with E-state index >= 15 is 0 Å². The fourth-order valence-corrected chi connectivity index (χ4v) is 4.49. The second kappa shape index (κ2) is 19.4. The number of aromatic carboxylic acids is 1. The number of anilines is 2. The van der Waals surface area contributed by atoms with E-state index in [2.05, 4.69) is 34.3 Å². The summed E-state index contributed by atoms with van der Waals surface area (Å²) in [4.78, 5) is 63.4. The molecule has 55 heavy (non-hydrogen) atoms. The van der Waals surface area contributed by atoms with Crippen molar-refractivity contribution in [3.63, 3.8) is 0 Å². The van der Waals surface area contributed by atoms with Crippen LogP contribution in [0.5, 0.6) is 0 Å². The van der Waals surface area contributed by atoms with E-state index < -0.39 is 41.5 Å². The highest BCUT2D eigenvalue weighted by atomic mass is 16.6. The van der Waals surface area contributed by atoms with Gasteiger partial charge in [-0.25, -0.2) is 24.0 Å². The molecular formula is C41H46N4O10. The van der Waals surface area contributed by atoms with Crippen molar-refractivity contribution in [3.8, 4) is 23.7 Å². The summed E-state index contributed by atoms with van der Waals surface area (Å²) in [6.07, 6.45) is -2.39. The lowest BCUT2D eigenvalue weighted by molar-refractivity contribution is 0.0624. The van der Waals surface area contributed by atoms with E-state index in [0.717, 1.165) is 11.1 Å². The van der Waals surface area contributed by atoms with Crippen molar-refractivity contribution in [2.75, 3.05) is 37.9 Å². The van der Waals surface area contributed by atoms with Gasteiger partial charge in [-0.1, -0.05) is 47.9 Å². The van der Waals surface area contributed by atoms with Crippen molar-refractivity contribution < 1.29 is 48.0 Å². The van der Waals surface area contributed by atoms with E-state index in [1.165, 1.54) is 21.9 Å². The molecule has 14 heteroatoms. The Morgan fingerprint density at radius 2 is 0.982 bits per heavy atom. The number of carboxylic acid groups (broad SMARTS) is 1. The van der Waals surface area contributed by atoms with Crippen molar-refractivity contribution in [1.82, 2.24) is 9.80 Å². The molecule has 290 valence electrons. The van der Waals surface area contributed by atoms with E-state index in [9.17, 15) is 29.1 Å². The predicted octanol–water partition coefficient (Wildman–Crippen LogP) is 7.32. The topological polar surface area (TPSA) is 173 Å². The highest BCUT2D eigenvalue weighted by molar-refractivity contribution is 5.89.